The fourth-order valence-electron chi connectivity index (χ4n) is 4.17. The number of rotatable bonds is 4. The van der Waals surface area contributed by atoms with Crippen LogP contribution in [0.2, 0.25) is 0 Å². The van der Waals surface area contributed by atoms with E-state index in [0.717, 1.165) is 28.6 Å². The quantitative estimate of drug-likeness (QED) is 0.348. The van der Waals surface area contributed by atoms with Gasteiger partial charge in [0.15, 0.2) is 5.17 Å². The van der Waals surface area contributed by atoms with Gasteiger partial charge < -0.3 is 0 Å². The smallest absolute Gasteiger partial charge is 0.247 e. The van der Waals surface area contributed by atoms with E-state index in [1.54, 1.807) is 29.3 Å². The monoisotopic (exact) mass is 454 g/mol. The van der Waals surface area contributed by atoms with Crippen LogP contribution in [0.15, 0.2) is 96.1 Å². The molecule has 0 aliphatic carbocycles. The lowest BCUT2D eigenvalue weighted by Crippen LogP contribution is -2.32. The molecule has 5 rings (SSSR count). The summed E-state index contributed by atoms with van der Waals surface area (Å²) in [6, 6.07) is 28.7. The van der Waals surface area contributed by atoms with Gasteiger partial charge in [0.2, 0.25) is 11.8 Å². The maximum absolute atomic E-state index is 13.0. The first kappa shape index (κ1) is 21.2. The van der Waals surface area contributed by atoms with E-state index in [-0.39, 0.29) is 29.4 Å². The number of benzene rings is 3. The van der Waals surface area contributed by atoms with Crippen molar-refractivity contribution in [1.29, 1.82) is 5.41 Å². The van der Waals surface area contributed by atoms with Gasteiger partial charge in [-0.25, -0.2) is 9.91 Å². The summed E-state index contributed by atoms with van der Waals surface area (Å²) >= 11 is 1.10. The zero-order valence-corrected chi connectivity index (χ0v) is 18.6. The lowest BCUT2D eigenvalue weighted by molar-refractivity contribution is -0.121. The van der Waals surface area contributed by atoms with Crippen LogP contribution in [0.1, 0.15) is 30.0 Å². The van der Waals surface area contributed by atoms with Crippen LogP contribution in [0.5, 0.6) is 0 Å². The lowest BCUT2D eigenvalue weighted by atomic mass is 9.99. The molecule has 1 N–H and O–H groups in total. The number of nitrogens with one attached hydrogen (secondary N) is 1. The van der Waals surface area contributed by atoms with Crippen LogP contribution < -0.4 is 4.90 Å². The molecule has 1 fully saturated rings. The van der Waals surface area contributed by atoms with Gasteiger partial charge in [0.1, 0.15) is 5.25 Å². The van der Waals surface area contributed by atoms with E-state index < -0.39 is 5.25 Å². The van der Waals surface area contributed by atoms with E-state index in [4.69, 9.17) is 10.5 Å². The second kappa shape index (κ2) is 9.03. The normalized spacial score (nSPS) is 20.3. The maximum Gasteiger partial charge on any atom is 0.247 e. The number of hydrogen-bond acceptors (Lipinski definition) is 5. The van der Waals surface area contributed by atoms with E-state index in [1.165, 1.54) is 4.90 Å². The summed E-state index contributed by atoms with van der Waals surface area (Å²) in [6.07, 6.45) is 0.727. The fourth-order valence-corrected chi connectivity index (χ4v) is 5.15. The number of carbonyl (C=O) groups excluding carboxylic acids is 2. The third-order valence-electron chi connectivity index (χ3n) is 5.78. The molecule has 7 heteroatoms. The van der Waals surface area contributed by atoms with Crippen molar-refractivity contribution in [2.45, 2.75) is 24.1 Å². The maximum atomic E-state index is 13.0. The second-order valence-electron chi connectivity index (χ2n) is 7.91. The minimum absolute atomic E-state index is 0.0693. The van der Waals surface area contributed by atoms with Crippen molar-refractivity contribution in [3.05, 3.63) is 102 Å². The van der Waals surface area contributed by atoms with E-state index >= 15 is 0 Å². The van der Waals surface area contributed by atoms with Gasteiger partial charge in [0.05, 0.1) is 17.4 Å². The fraction of sp³-hybridized carbons (Fsp3) is 0.154. The SMILES string of the molecule is N=C(SC1CC(=O)N(c2ccccc2)C1=O)N1N=C(c2ccccc2)CC1c1ccccc1. The predicted octanol–water partition coefficient (Wildman–Crippen LogP) is 4.84. The highest BCUT2D eigenvalue weighted by molar-refractivity contribution is 8.14. The molecule has 2 atom stereocenters. The molecule has 2 aliphatic heterocycles. The molecule has 0 aromatic heterocycles. The Hall–Kier alpha value is -3.71. The van der Waals surface area contributed by atoms with E-state index in [2.05, 4.69) is 0 Å². The topological polar surface area (TPSA) is 76.8 Å². The van der Waals surface area contributed by atoms with Crippen molar-refractivity contribution in [3.63, 3.8) is 0 Å². The molecule has 0 spiro atoms. The second-order valence-corrected chi connectivity index (χ2v) is 9.10. The van der Waals surface area contributed by atoms with Crippen molar-refractivity contribution in [3.8, 4) is 0 Å². The molecule has 0 saturated carbocycles. The van der Waals surface area contributed by atoms with Crippen LogP contribution in [-0.2, 0) is 9.59 Å². The molecular formula is C26H22N4O2S. The van der Waals surface area contributed by atoms with Crippen molar-refractivity contribution >= 4 is 40.1 Å². The number of imide groups is 1. The van der Waals surface area contributed by atoms with Crippen molar-refractivity contribution in [2.24, 2.45) is 5.10 Å². The van der Waals surface area contributed by atoms with Gasteiger partial charge in [-0.05, 0) is 23.3 Å². The summed E-state index contributed by atoms with van der Waals surface area (Å²) in [6.45, 7) is 0. The zero-order valence-electron chi connectivity index (χ0n) is 17.8. The summed E-state index contributed by atoms with van der Waals surface area (Å²) in [5.41, 5.74) is 3.53. The minimum atomic E-state index is -0.641. The van der Waals surface area contributed by atoms with Crippen molar-refractivity contribution < 1.29 is 9.59 Å². The van der Waals surface area contributed by atoms with Gasteiger partial charge in [-0.15, -0.1) is 0 Å². The number of hydrazone groups is 1. The van der Waals surface area contributed by atoms with Crippen molar-refractivity contribution in [2.75, 3.05) is 4.90 Å². The first-order chi connectivity index (χ1) is 16.1. The van der Waals surface area contributed by atoms with Gasteiger partial charge in [0.25, 0.3) is 0 Å². The Bertz CT molecular complexity index is 1210. The number of amidine groups is 1. The Kier molecular flexibility index (Phi) is 5.79. The molecule has 2 aliphatic rings. The summed E-state index contributed by atoms with van der Waals surface area (Å²) in [4.78, 5) is 26.9. The number of carbonyl (C=O) groups is 2. The number of nitrogens with zero attached hydrogens (tertiary/aromatic N) is 3. The Morgan fingerprint density at radius 2 is 1.45 bits per heavy atom. The summed E-state index contributed by atoms with van der Waals surface area (Å²) in [5.74, 6) is -0.533. The largest absolute Gasteiger partial charge is 0.277 e. The first-order valence-corrected chi connectivity index (χ1v) is 11.6. The Balaban J connectivity index is 1.39. The molecule has 1 saturated heterocycles. The summed E-state index contributed by atoms with van der Waals surface area (Å²) in [7, 11) is 0. The zero-order chi connectivity index (χ0) is 22.8. The third-order valence-corrected chi connectivity index (χ3v) is 6.85. The van der Waals surface area contributed by atoms with Crippen LogP contribution in [0, 0.1) is 5.41 Å². The first-order valence-electron chi connectivity index (χ1n) is 10.8. The summed E-state index contributed by atoms with van der Waals surface area (Å²) < 4.78 is 0. The minimum Gasteiger partial charge on any atom is -0.277 e. The molecular weight excluding hydrogens is 432 g/mol. The highest BCUT2D eigenvalue weighted by Gasteiger charge is 2.42. The van der Waals surface area contributed by atoms with Crippen molar-refractivity contribution in [1.82, 2.24) is 5.01 Å². The lowest BCUT2D eigenvalue weighted by Gasteiger charge is -2.24. The van der Waals surface area contributed by atoms with Gasteiger partial charge in [-0.3, -0.25) is 15.0 Å². The Morgan fingerprint density at radius 1 is 0.848 bits per heavy atom. The molecule has 3 aromatic rings. The molecule has 6 nitrogen and oxygen atoms in total. The highest BCUT2D eigenvalue weighted by Crippen LogP contribution is 2.37. The molecule has 3 aromatic carbocycles. The molecule has 0 radical (unpaired) electrons. The Morgan fingerprint density at radius 3 is 2.12 bits per heavy atom. The molecule has 164 valence electrons. The number of para-hydroxylation sites is 1. The van der Waals surface area contributed by atoms with Crippen LogP contribution in [0.3, 0.4) is 0 Å². The molecule has 2 heterocycles. The molecule has 33 heavy (non-hydrogen) atoms. The number of anilines is 1. The van der Waals surface area contributed by atoms with E-state index in [9.17, 15) is 9.59 Å². The van der Waals surface area contributed by atoms with Gasteiger partial charge >= 0.3 is 0 Å². The Labute approximate surface area is 196 Å². The van der Waals surface area contributed by atoms with E-state index in [1.807, 2.05) is 66.7 Å². The van der Waals surface area contributed by atoms with Crippen LogP contribution in [-0.4, -0.2) is 33.0 Å². The van der Waals surface area contributed by atoms with Gasteiger partial charge in [-0.2, -0.15) is 5.10 Å². The number of hydrogen-bond donors (Lipinski definition) is 1. The highest BCUT2D eigenvalue weighted by atomic mass is 32.2. The van der Waals surface area contributed by atoms with Gasteiger partial charge in [0, 0.05) is 12.8 Å². The van der Waals surface area contributed by atoms with Crippen LogP contribution >= 0.6 is 11.8 Å². The molecule has 0 bridgehead atoms. The third kappa shape index (κ3) is 4.19. The van der Waals surface area contributed by atoms with Crippen LogP contribution in [0.25, 0.3) is 0 Å². The number of thioether (sulfide) groups is 1. The van der Waals surface area contributed by atoms with Gasteiger partial charge in [-0.1, -0.05) is 90.6 Å². The van der Waals surface area contributed by atoms with Crippen LogP contribution in [0.4, 0.5) is 5.69 Å². The molecule has 2 amide bonds. The summed E-state index contributed by atoms with van der Waals surface area (Å²) in [5, 5.41) is 14.8. The average molecular weight is 455 g/mol. The standard InChI is InChI=1S/C26H22N4O2S/c27-26(33-23-17-24(31)29(25(23)32)20-14-8-3-9-15-20)30-22(19-12-6-2-7-13-19)16-21(28-30)18-10-4-1-5-11-18/h1-15,22-23,27H,16-17H2. The molecule has 2 unspecified atom stereocenters. The van der Waals surface area contributed by atoms with E-state index in [0.29, 0.717) is 12.1 Å². The predicted molar refractivity (Wildman–Crippen MR) is 131 cm³/mol. The number of amides is 2. The average Bonchev–Trinajstić information content (AvgIpc) is 3.42.